The maximum atomic E-state index is 13.9. The van der Waals surface area contributed by atoms with Crippen molar-refractivity contribution in [3.05, 3.63) is 105 Å². The molecule has 1 unspecified atom stereocenters. The zero-order valence-electron chi connectivity index (χ0n) is 21.8. The van der Waals surface area contributed by atoms with Gasteiger partial charge in [0.2, 0.25) is 5.91 Å². The number of hydrogen-bond acceptors (Lipinski definition) is 3. The first-order chi connectivity index (χ1) is 17.9. The van der Waals surface area contributed by atoms with Gasteiger partial charge >= 0.3 is 0 Å². The van der Waals surface area contributed by atoms with E-state index in [9.17, 15) is 9.59 Å². The van der Waals surface area contributed by atoms with Crippen molar-refractivity contribution < 1.29 is 4.79 Å². The number of carbonyl (C=O) groups is 1. The van der Waals surface area contributed by atoms with Crippen LogP contribution < -0.4 is 5.56 Å². The van der Waals surface area contributed by atoms with Gasteiger partial charge in [-0.1, -0.05) is 73.8 Å². The molecule has 1 heterocycles. The van der Waals surface area contributed by atoms with Crippen LogP contribution >= 0.6 is 11.6 Å². The zero-order valence-corrected chi connectivity index (χ0v) is 22.5. The average Bonchev–Trinajstić information content (AvgIpc) is 2.90. The third-order valence-corrected chi connectivity index (χ3v) is 7.08. The van der Waals surface area contributed by atoms with Crippen molar-refractivity contribution in [1.82, 2.24) is 14.5 Å². The van der Waals surface area contributed by atoms with E-state index in [1.807, 2.05) is 67.3 Å². The SMILES string of the molecule is CCCCCC(=O)N(CCc1ccccc1)C(C)c1nc2ccccc2c(=O)n1-c1ccc(Cl)cc1C. The van der Waals surface area contributed by atoms with Gasteiger partial charge in [0.25, 0.3) is 5.56 Å². The van der Waals surface area contributed by atoms with Crippen LogP contribution in [0.4, 0.5) is 0 Å². The van der Waals surface area contributed by atoms with Gasteiger partial charge in [-0.2, -0.15) is 0 Å². The zero-order chi connectivity index (χ0) is 26.4. The lowest BCUT2D eigenvalue weighted by molar-refractivity contribution is -0.133. The van der Waals surface area contributed by atoms with Gasteiger partial charge in [0.05, 0.1) is 22.6 Å². The van der Waals surface area contributed by atoms with Crippen molar-refractivity contribution >= 4 is 28.4 Å². The number of hydrogen-bond donors (Lipinski definition) is 0. The van der Waals surface area contributed by atoms with Gasteiger partial charge in [-0.05, 0) is 68.1 Å². The topological polar surface area (TPSA) is 55.2 Å². The number of rotatable bonds is 10. The minimum absolute atomic E-state index is 0.0821. The van der Waals surface area contributed by atoms with E-state index in [1.165, 1.54) is 5.56 Å². The van der Waals surface area contributed by atoms with Crippen LogP contribution in [-0.4, -0.2) is 26.9 Å². The first-order valence-electron chi connectivity index (χ1n) is 13.0. The summed E-state index contributed by atoms with van der Waals surface area (Å²) in [6, 6.07) is 22.6. The molecule has 5 nitrogen and oxygen atoms in total. The lowest BCUT2D eigenvalue weighted by Crippen LogP contribution is -2.38. The van der Waals surface area contributed by atoms with Crippen LogP contribution in [0.1, 0.15) is 62.5 Å². The Bertz CT molecular complexity index is 1430. The molecule has 0 aliphatic rings. The first-order valence-corrected chi connectivity index (χ1v) is 13.4. The first kappa shape index (κ1) is 26.6. The molecule has 0 saturated heterocycles. The highest BCUT2D eigenvalue weighted by atomic mass is 35.5. The standard InChI is InChI=1S/C31H34ClN3O2/c1-4-5-7-16-29(36)34(20-19-24-12-8-6-9-13-24)23(3)30-33-27-15-11-10-14-26(27)31(37)35(30)28-18-17-25(32)21-22(28)2/h6,8-15,17-18,21,23H,4-5,7,16,19-20H2,1-3H3. The molecule has 0 spiro atoms. The summed E-state index contributed by atoms with van der Waals surface area (Å²) in [7, 11) is 0. The van der Waals surface area contributed by atoms with E-state index < -0.39 is 6.04 Å². The second-order valence-electron chi connectivity index (χ2n) is 9.51. The number of unbranched alkanes of at least 4 members (excludes halogenated alkanes) is 2. The molecule has 1 atom stereocenters. The Balaban J connectivity index is 1.82. The molecule has 0 aliphatic carbocycles. The molecular weight excluding hydrogens is 482 g/mol. The van der Waals surface area contributed by atoms with E-state index >= 15 is 0 Å². The number of fused-ring (bicyclic) bond motifs is 1. The summed E-state index contributed by atoms with van der Waals surface area (Å²) in [5.74, 6) is 0.629. The second kappa shape index (κ2) is 12.2. The van der Waals surface area contributed by atoms with Crippen molar-refractivity contribution in [3.8, 4) is 5.69 Å². The van der Waals surface area contributed by atoms with Crippen LogP contribution in [0.3, 0.4) is 0 Å². The minimum Gasteiger partial charge on any atom is -0.332 e. The molecule has 0 saturated carbocycles. The molecule has 0 N–H and O–H groups in total. The average molecular weight is 516 g/mol. The molecule has 0 fully saturated rings. The molecule has 192 valence electrons. The number of amides is 1. The molecule has 0 bridgehead atoms. The number of nitrogens with zero attached hydrogens (tertiary/aromatic N) is 3. The molecule has 0 aliphatic heterocycles. The minimum atomic E-state index is -0.412. The van der Waals surface area contributed by atoms with Gasteiger partial charge in [0.15, 0.2) is 0 Å². The molecule has 4 aromatic rings. The Morgan fingerprint density at radius 1 is 1.03 bits per heavy atom. The number of aromatic nitrogens is 2. The van der Waals surface area contributed by atoms with Gasteiger partial charge in [0.1, 0.15) is 5.82 Å². The smallest absolute Gasteiger partial charge is 0.266 e. The highest BCUT2D eigenvalue weighted by Gasteiger charge is 2.27. The normalized spacial score (nSPS) is 12.0. The lowest BCUT2D eigenvalue weighted by atomic mass is 10.1. The summed E-state index contributed by atoms with van der Waals surface area (Å²) in [5, 5.41) is 1.14. The Hall–Kier alpha value is -3.44. The van der Waals surface area contributed by atoms with E-state index in [1.54, 1.807) is 16.7 Å². The third kappa shape index (κ3) is 6.11. The number of aryl methyl sites for hydroxylation is 1. The van der Waals surface area contributed by atoms with Crippen LogP contribution in [0.25, 0.3) is 16.6 Å². The molecule has 6 heteroatoms. The Morgan fingerprint density at radius 2 is 1.76 bits per heavy atom. The molecule has 1 aromatic heterocycles. The number of carbonyl (C=O) groups excluding carboxylic acids is 1. The van der Waals surface area contributed by atoms with Crippen molar-refractivity contribution in [2.45, 2.75) is 58.9 Å². The molecule has 3 aromatic carbocycles. The van der Waals surface area contributed by atoms with Crippen molar-refractivity contribution in [2.75, 3.05) is 6.54 Å². The van der Waals surface area contributed by atoms with Crippen LogP contribution in [0, 0.1) is 6.92 Å². The second-order valence-corrected chi connectivity index (χ2v) is 9.95. The maximum Gasteiger partial charge on any atom is 0.266 e. The number of benzene rings is 3. The van der Waals surface area contributed by atoms with Crippen LogP contribution in [-0.2, 0) is 11.2 Å². The van der Waals surface area contributed by atoms with E-state index in [0.29, 0.717) is 34.7 Å². The predicted molar refractivity (Wildman–Crippen MR) is 152 cm³/mol. The number of halogens is 1. The van der Waals surface area contributed by atoms with E-state index in [0.717, 1.165) is 36.9 Å². The lowest BCUT2D eigenvalue weighted by Gasteiger charge is -2.31. The van der Waals surface area contributed by atoms with Gasteiger partial charge in [-0.25, -0.2) is 4.98 Å². The largest absolute Gasteiger partial charge is 0.332 e. The van der Waals surface area contributed by atoms with Gasteiger partial charge < -0.3 is 4.90 Å². The van der Waals surface area contributed by atoms with E-state index in [-0.39, 0.29) is 11.5 Å². The highest BCUT2D eigenvalue weighted by molar-refractivity contribution is 6.30. The molecular formula is C31H34ClN3O2. The summed E-state index contributed by atoms with van der Waals surface area (Å²) in [5.41, 5.74) is 3.22. The third-order valence-electron chi connectivity index (χ3n) is 6.84. The Kier molecular flexibility index (Phi) is 8.78. The van der Waals surface area contributed by atoms with Crippen LogP contribution in [0.2, 0.25) is 5.02 Å². The fraction of sp³-hybridized carbons (Fsp3) is 0.323. The fourth-order valence-electron chi connectivity index (χ4n) is 4.77. The van der Waals surface area contributed by atoms with Crippen molar-refractivity contribution in [1.29, 1.82) is 0 Å². The number of para-hydroxylation sites is 1. The summed E-state index contributed by atoms with van der Waals surface area (Å²) < 4.78 is 1.66. The monoisotopic (exact) mass is 515 g/mol. The van der Waals surface area contributed by atoms with E-state index in [2.05, 4.69) is 19.1 Å². The highest BCUT2D eigenvalue weighted by Crippen LogP contribution is 2.27. The van der Waals surface area contributed by atoms with E-state index in [4.69, 9.17) is 16.6 Å². The molecule has 1 amide bonds. The van der Waals surface area contributed by atoms with Crippen molar-refractivity contribution in [2.24, 2.45) is 0 Å². The predicted octanol–water partition coefficient (Wildman–Crippen LogP) is 7.06. The van der Waals surface area contributed by atoms with Crippen LogP contribution in [0.15, 0.2) is 77.6 Å². The molecule has 37 heavy (non-hydrogen) atoms. The molecule has 0 radical (unpaired) electrons. The van der Waals surface area contributed by atoms with Gasteiger partial charge in [0, 0.05) is 18.0 Å². The summed E-state index contributed by atoms with van der Waals surface area (Å²) >= 11 is 6.24. The van der Waals surface area contributed by atoms with Gasteiger partial charge in [-0.15, -0.1) is 0 Å². The Labute approximate surface area is 223 Å². The fourth-order valence-corrected chi connectivity index (χ4v) is 5.00. The maximum absolute atomic E-state index is 13.9. The summed E-state index contributed by atoms with van der Waals surface area (Å²) in [6.45, 7) is 6.58. The molecule has 4 rings (SSSR count). The quantitative estimate of drug-likeness (QED) is 0.212. The Morgan fingerprint density at radius 3 is 2.49 bits per heavy atom. The van der Waals surface area contributed by atoms with Crippen LogP contribution in [0.5, 0.6) is 0 Å². The summed E-state index contributed by atoms with van der Waals surface area (Å²) in [4.78, 5) is 34.3. The van der Waals surface area contributed by atoms with Crippen molar-refractivity contribution in [3.63, 3.8) is 0 Å². The van der Waals surface area contributed by atoms with Gasteiger partial charge in [-0.3, -0.25) is 14.2 Å². The summed E-state index contributed by atoms with van der Waals surface area (Å²) in [6.07, 6.45) is 4.11.